The summed E-state index contributed by atoms with van der Waals surface area (Å²) in [5.41, 5.74) is 6.30. The van der Waals surface area contributed by atoms with Crippen LogP contribution in [0.3, 0.4) is 0 Å². The molecule has 0 bridgehead atoms. The number of ether oxygens (including phenoxy) is 2. The summed E-state index contributed by atoms with van der Waals surface area (Å²) in [5.74, 6) is 0.945. The molecule has 0 atom stereocenters. The van der Waals surface area contributed by atoms with Crippen molar-refractivity contribution in [1.82, 2.24) is 15.4 Å². The maximum atomic E-state index is 12.1. The van der Waals surface area contributed by atoms with Crippen LogP contribution in [0.5, 0.6) is 11.5 Å². The number of aryl methyl sites for hydroxylation is 2. The van der Waals surface area contributed by atoms with E-state index in [2.05, 4.69) is 26.6 Å². The Morgan fingerprint density at radius 1 is 1.15 bits per heavy atom. The largest absolute Gasteiger partial charge is 0.493 e. The number of thioether (sulfide) groups is 1. The fraction of sp³-hybridized carbons (Fsp3) is 0.208. The number of nitriles is 1. The van der Waals surface area contributed by atoms with Gasteiger partial charge in [0, 0.05) is 17.0 Å². The van der Waals surface area contributed by atoms with E-state index in [1.807, 2.05) is 38.1 Å². The molecule has 2 aromatic carbocycles. The Bertz CT molecular complexity index is 1190. The SMILES string of the molecule is COc1cc(/C=N\NC(=O)CSc2nc(C)cc(C)n2)ccc1OCc1ccccc1C#N. The van der Waals surface area contributed by atoms with Gasteiger partial charge in [0.05, 0.1) is 30.7 Å². The maximum absolute atomic E-state index is 12.1. The van der Waals surface area contributed by atoms with E-state index in [4.69, 9.17) is 9.47 Å². The molecule has 3 aromatic rings. The Labute approximate surface area is 196 Å². The van der Waals surface area contributed by atoms with Crippen molar-refractivity contribution < 1.29 is 14.3 Å². The van der Waals surface area contributed by atoms with Crippen LogP contribution < -0.4 is 14.9 Å². The van der Waals surface area contributed by atoms with Crippen LogP contribution in [0.15, 0.2) is 58.8 Å². The summed E-state index contributed by atoms with van der Waals surface area (Å²) >= 11 is 1.25. The highest BCUT2D eigenvalue weighted by Gasteiger charge is 2.08. The van der Waals surface area contributed by atoms with Crippen molar-refractivity contribution >= 4 is 23.9 Å². The van der Waals surface area contributed by atoms with Gasteiger partial charge in [-0.05, 0) is 49.7 Å². The number of hydrogen-bond acceptors (Lipinski definition) is 8. The average Bonchev–Trinajstić information content (AvgIpc) is 2.81. The molecule has 9 heteroatoms. The van der Waals surface area contributed by atoms with Crippen molar-refractivity contribution in [2.45, 2.75) is 25.6 Å². The summed E-state index contributed by atoms with van der Waals surface area (Å²) < 4.78 is 11.2. The molecule has 0 saturated heterocycles. The van der Waals surface area contributed by atoms with Gasteiger partial charge in [-0.25, -0.2) is 15.4 Å². The average molecular weight is 462 g/mol. The van der Waals surface area contributed by atoms with Gasteiger partial charge in [0.1, 0.15) is 6.61 Å². The molecule has 0 unspecified atom stereocenters. The second kappa shape index (κ2) is 11.6. The van der Waals surface area contributed by atoms with Crippen molar-refractivity contribution in [3.05, 3.63) is 76.6 Å². The summed E-state index contributed by atoms with van der Waals surface area (Å²) in [5, 5.41) is 13.8. The number of benzene rings is 2. The molecular weight excluding hydrogens is 438 g/mol. The van der Waals surface area contributed by atoms with Gasteiger partial charge in [0.15, 0.2) is 16.7 Å². The summed E-state index contributed by atoms with van der Waals surface area (Å²) in [6.07, 6.45) is 1.52. The molecule has 1 N–H and O–H groups in total. The molecule has 1 amide bonds. The van der Waals surface area contributed by atoms with Gasteiger partial charge in [-0.15, -0.1) is 0 Å². The Hall–Kier alpha value is -3.90. The first-order chi connectivity index (χ1) is 16.0. The van der Waals surface area contributed by atoms with Gasteiger partial charge in [-0.2, -0.15) is 10.4 Å². The predicted octanol–water partition coefficient (Wildman–Crippen LogP) is 3.80. The third-order valence-corrected chi connectivity index (χ3v) is 5.25. The number of rotatable bonds is 9. The minimum atomic E-state index is -0.262. The van der Waals surface area contributed by atoms with E-state index in [0.717, 1.165) is 22.5 Å². The van der Waals surface area contributed by atoms with Gasteiger partial charge in [0.2, 0.25) is 0 Å². The Morgan fingerprint density at radius 2 is 1.91 bits per heavy atom. The lowest BCUT2D eigenvalue weighted by Crippen LogP contribution is -2.19. The zero-order valence-corrected chi connectivity index (χ0v) is 19.3. The first-order valence-electron chi connectivity index (χ1n) is 10.0. The van der Waals surface area contributed by atoms with Crippen LogP contribution in [0.4, 0.5) is 0 Å². The zero-order chi connectivity index (χ0) is 23.6. The third-order valence-electron chi connectivity index (χ3n) is 4.41. The third kappa shape index (κ3) is 7.05. The highest BCUT2D eigenvalue weighted by atomic mass is 32.2. The van der Waals surface area contributed by atoms with Crippen LogP contribution in [-0.4, -0.2) is 35.0 Å². The van der Waals surface area contributed by atoms with E-state index >= 15 is 0 Å². The van der Waals surface area contributed by atoms with Crippen LogP contribution in [0.25, 0.3) is 0 Å². The van der Waals surface area contributed by atoms with Crippen molar-refractivity contribution in [1.29, 1.82) is 5.26 Å². The molecule has 1 heterocycles. The number of methoxy groups -OCH3 is 1. The standard InChI is InChI=1S/C24H23N5O3S/c1-16-10-17(2)28-24(27-16)33-15-23(30)29-26-13-18-8-9-21(22(11-18)31-3)32-14-20-7-5-4-6-19(20)12-25/h4-11,13H,14-15H2,1-3H3,(H,29,30)/b26-13-. The van der Waals surface area contributed by atoms with E-state index < -0.39 is 0 Å². The van der Waals surface area contributed by atoms with E-state index in [1.54, 1.807) is 31.4 Å². The number of amides is 1. The van der Waals surface area contributed by atoms with Gasteiger partial charge < -0.3 is 9.47 Å². The van der Waals surface area contributed by atoms with Crippen molar-refractivity contribution in [2.24, 2.45) is 5.10 Å². The van der Waals surface area contributed by atoms with Crippen LogP contribution in [0, 0.1) is 25.2 Å². The van der Waals surface area contributed by atoms with E-state index in [0.29, 0.717) is 22.2 Å². The van der Waals surface area contributed by atoms with E-state index in [-0.39, 0.29) is 18.3 Å². The highest BCUT2D eigenvalue weighted by Crippen LogP contribution is 2.28. The topological polar surface area (TPSA) is 109 Å². The number of nitrogens with one attached hydrogen (secondary N) is 1. The Morgan fingerprint density at radius 3 is 2.64 bits per heavy atom. The van der Waals surface area contributed by atoms with Gasteiger partial charge >= 0.3 is 0 Å². The van der Waals surface area contributed by atoms with E-state index in [9.17, 15) is 10.1 Å². The summed E-state index contributed by atoms with van der Waals surface area (Å²) in [6, 6.07) is 16.6. The molecule has 0 radical (unpaired) electrons. The Kier molecular flexibility index (Phi) is 8.38. The normalized spacial score (nSPS) is 10.6. The monoisotopic (exact) mass is 461 g/mol. The number of hydrazone groups is 1. The van der Waals surface area contributed by atoms with Crippen molar-refractivity contribution in [3.8, 4) is 17.6 Å². The zero-order valence-electron chi connectivity index (χ0n) is 18.5. The molecule has 0 aliphatic rings. The van der Waals surface area contributed by atoms with Gasteiger partial charge in [-0.1, -0.05) is 30.0 Å². The summed E-state index contributed by atoms with van der Waals surface area (Å²) in [7, 11) is 1.54. The second-order valence-electron chi connectivity index (χ2n) is 6.98. The highest BCUT2D eigenvalue weighted by molar-refractivity contribution is 7.99. The van der Waals surface area contributed by atoms with Crippen LogP contribution in [-0.2, 0) is 11.4 Å². The minimum absolute atomic E-state index is 0.153. The number of nitrogens with zero attached hydrogens (tertiary/aromatic N) is 4. The number of carbonyl (C=O) groups excluding carboxylic acids is 1. The maximum Gasteiger partial charge on any atom is 0.250 e. The molecule has 0 saturated carbocycles. The molecule has 3 rings (SSSR count). The molecule has 1 aromatic heterocycles. The number of carbonyl (C=O) groups is 1. The summed E-state index contributed by atoms with van der Waals surface area (Å²) in [4.78, 5) is 20.7. The Balaban J connectivity index is 1.55. The van der Waals surface area contributed by atoms with Gasteiger partial charge in [-0.3, -0.25) is 4.79 Å². The molecule has 0 spiro atoms. The fourth-order valence-electron chi connectivity index (χ4n) is 2.89. The quantitative estimate of drug-likeness (QED) is 0.223. The lowest BCUT2D eigenvalue weighted by molar-refractivity contribution is -0.118. The van der Waals surface area contributed by atoms with Crippen LogP contribution in [0.1, 0.15) is 28.1 Å². The van der Waals surface area contributed by atoms with Gasteiger partial charge in [0.25, 0.3) is 5.91 Å². The second-order valence-corrected chi connectivity index (χ2v) is 7.93. The van der Waals surface area contributed by atoms with Crippen LogP contribution >= 0.6 is 11.8 Å². The lowest BCUT2D eigenvalue weighted by Gasteiger charge is -2.12. The molecule has 0 aliphatic heterocycles. The molecule has 33 heavy (non-hydrogen) atoms. The molecule has 0 fully saturated rings. The van der Waals surface area contributed by atoms with Crippen LogP contribution in [0.2, 0.25) is 0 Å². The number of aromatic nitrogens is 2. The molecular formula is C24H23N5O3S. The van der Waals surface area contributed by atoms with Crippen molar-refractivity contribution in [3.63, 3.8) is 0 Å². The molecule has 0 aliphatic carbocycles. The fourth-order valence-corrected chi connectivity index (χ4v) is 3.64. The smallest absolute Gasteiger partial charge is 0.250 e. The lowest BCUT2D eigenvalue weighted by atomic mass is 10.1. The number of hydrogen-bond donors (Lipinski definition) is 1. The summed E-state index contributed by atoms with van der Waals surface area (Å²) in [6.45, 7) is 4.02. The molecule has 168 valence electrons. The first kappa shape index (κ1) is 23.8. The predicted molar refractivity (Wildman–Crippen MR) is 126 cm³/mol. The molecule has 8 nitrogen and oxygen atoms in total. The van der Waals surface area contributed by atoms with Crippen molar-refractivity contribution in [2.75, 3.05) is 12.9 Å². The van der Waals surface area contributed by atoms with E-state index in [1.165, 1.54) is 18.0 Å². The minimum Gasteiger partial charge on any atom is -0.493 e. The first-order valence-corrected chi connectivity index (χ1v) is 11.0.